The van der Waals surface area contributed by atoms with E-state index in [2.05, 4.69) is 13.8 Å². The number of aliphatic hydroxyl groups is 5. The van der Waals surface area contributed by atoms with Gasteiger partial charge in [0, 0.05) is 20.6 Å². The molecule has 2 fully saturated rings. The third-order valence-corrected chi connectivity index (χ3v) is 5.46. The summed E-state index contributed by atoms with van der Waals surface area (Å²) in [4.78, 5) is 0. The monoisotopic (exact) mass is 394 g/mol. The van der Waals surface area contributed by atoms with Crippen molar-refractivity contribution in [3.63, 3.8) is 0 Å². The summed E-state index contributed by atoms with van der Waals surface area (Å²) < 4.78 is 21.8. The third kappa shape index (κ3) is 5.17. The molecule has 2 aliphatic rings. The van der Waals surface area contributed by atoms with Crippen molar-refractivity contribution in [1.29, 1.82) is 0 Å². The van der Waals surface area contributed by atoms with Gasteiger partial charge in [-0.15, -0.1) is 0 Å². The fourth-order valence-electron chi connectivity index (χ4n) is 3.72. The van der Waals surface area contributed by atoms with Crippen molar-refractivity contribution in [2.45, 2.75) is 94.3 Å². The highest BCUT2D eigenvalue weighted by atomic mass is 16.7. The quantitative estimate of drug-likeness (QED) is 0.359. The average Bonchev–Trinajstić information content (AvgIpc) is 2.64. The van der Waals surface area contributed by atoms with E-state index in [-0.39, 0.29) is 6.42 Å². The van der Waals surface area contributed by atoms with E-state index in [4.69, 9.17) is 18.9 Å². The van der Waals surface area contributed by atoms with Crippen LogP contribution < -0.4 is 0 Å². The zero-order chi connectivity index (χ0) is 20.3. The number of ether oxygens (including phenoxy) is 4. The molecule has 0 aromatic rings. The molecule has 1 aliphatic carbocycles. The summed E-state index contributed by atoms with van der Waals surface area (Å²) >= 11 is 0. The predicted molar refractivity (Wildman–Crippen MR) is 93.9 cm³/mol. The summed E-state index contributed by atoms with van der Waals surface area (Å²) in [5, 5.41) is 51.4. The Morgan fingerprint density at radius 3 is 2.04 bits per heavy atom. The Morgan fingerprint density at radius 2 is 1.48 bits per heavy atom. The van der Waals surface area contributed by atoms with Crippen LogP contribution in [0.2, 0.25) is 0 Å². The van der Waals surface area contributed by atoms with Crippen LogP contribution in [0, 0.1) is 5.92 Å². The lowest BCUT2D eigenvalue weighted by Crippen LogP contribution is -2.63. The molecule has 1 saturated heterocycles. The van der Waals surface area contributed by atoms with Gasteiger partial charge in [-0.1, -0.05) is 13.8 Å². The molecule has 9 nitrogen and oxygen atoms in total. The van der Waals surface area contributed by atoms with Crippen LogP contribution in [0.25, 0.3) is 0 Å². The van der Waals surface area contributed by atoms with E-state index >= 15 is 0 Å². The maximum atomic E-state index is 10.7. The molecule has 0 amide bonds. The van der Waals surface area contributed by atoms with Gasteiger partial charge in [0.1, 0.15) is 36.6 Å². The van der Waals surface area contributed by atoms with Crippen LogP contribution in [0.4, 0.5) is 0 Å². The van der Waals surface area contributed by atoms with Crippen LogP contribution in [0.1, 0.15) is 33.1 Å². The first kappa shape index (κ1) is 22.9. The van der Waals surface area contributed by atoms with Crippen molar-refractivity contribution in [3.8, 4) is 0 Å². The fourth-order valence-corrected chi connectivity index (χ4v) is 3.72. The molecule has 27 heavy (non-hydrogen) atoms. The molecule has 1 aliphatic heterocycles. The van der Waals surface area contributed by atoms with Gasteiger partial charge in [0.05, 0.1) is 18.3 Å². The number of rotatable bonds is 7. The molecular weight excluding hydrogens is 360 g/mol. The highest BCUT2D eigenvalue weighted by Crippen LogP contribution is 2.32. The van der Waals surface area contributed by atoms with Crippen LogP contribution >= 0.6 is 0 Å². The number of hydrogen-bond acceptors (Lipinski definition) is 9. The first-order valence-corrected chi connectivity index (χ1v) is 9.48. The van der Waals surface area contributed by atoms with Crippen LogP contribution in [0.3, 0.4) is 0 Å². The first-order chi connectivity index (χ1) is 12.7. The van der Waals surface area contributed by atoms with Gasteiger partial charge in [-0.05, 0) is 18.8 Å². The lowest BCUT2D eigenvalue weighted by atomic mass is 9.86. The van der Waals surface area contributed by atoms with Gasteiger partial charge in [-0.3, -0.25) is 0 Å². The second kappa shape index (κ2) is 9.91. The average molecular weight is 394 g/mol. The van der Waals surface area contributed by atoms with Crippen LogP contribution in [0.15, 0.2) is 0 Å². The minimum absolute atomic E-state index is 0.0982. The van der Waals surface area contributed by atoms with Crippen molar-refractivity contribution >= 4 is 0 Å². The van der Waals surface area contributed by atoms with Gasteiger partial charge >= 0.3 is 0 Å². The highest BCUT2D eigenvalue weighted by Gasteiger charge is 2.50. The zero-order valence-electron chi connectivity index (χ0n) is 16.3. The van der Waals surface area contributed by atoms with Gasteiger partial charge in [-0.25, -0.2) is 0 Å². The van der Waals surface area contributed by atoms with E-state index in [9.17, 15) is 25.5 Å². The maximum absolute atomic E-state index is 10.7. The molecule has 160 valence electrons. The Bertz CT molecular complexity index is 447. The smallest absolute Gasteiger partial charge is 0.186 e. The molecule has 1 heterocycles. The minimum Gasteiger partial charge on any atom is -0.388 e. The van der Waals surface area contributed by atoms with Crippen LogP contribution in [0.5, 0.6) is 0 Å². The van der Waals surface area contributed by atoms with Crippen LogP contribution in [-0.4, -0.2) is 101 Å². The fraction of sp³-hybridized carbons (Fsp3) is 1.00. The van der Waals surface area contributed by atoms with Crippen molar-refractivity contribution in [1.82, 2.24) is 0 Å². The Labute approximate surface area is 159 Å². The van der Waals surface area contributed by atoms with E-state index in [1.807, 2.05) is 0 Å². The summed E-state index contributed by atoms with van der Waals surface area (Å²) in [5.41, 5.74) is 0. The second-order valence-electron chi connectivity index (χ2n) is 7.85. The number of hydrogen-bond donors (Lipinski definition) is 5. The molecule has 0 bridgehead atoms. The van der Waals surface area contributed by atoms with Crippen LogP contribution in [-0.2, 0) is 18.9 Å². The summed E-state index contributed by atoms with van der Waals surface area (Å²) in [6.07, 6.45) is -9.39. The molecule has 2 rings (SSSR count). The van der Waals surface area contributed by atoms with E-state index in [1.165, 1.54) is 14.2 Å². The number of methoxy groups -OCH3 is 2. The molecule has 9 heteroatoms. The molecule has 1 saturated carbocycles. The molecule has 0 spiro atoms. The topological polar surface area (TPSA) is 138 Å². The van der Waals surface area contributed by atoms with E-state index in [0.717, 1.165) is 6.42 Å². The molecule has 0 unspecified atom stereocenters. The van der Waals surface area contributed by atoms with E-state index in [0.29, 0.717) is 12.3 Å². The van der Waals surface area contributed by atoms with E-state index in [1.54, 1.807) is 0 Å². The lowest BCUT2D eigenvalue weighted by Gasteiger charge is -2.46. The van der Waals surface area contributed by atoms with Gasteiger partial charge in [0.2, 0.25) is 0 Å². The summed E-state index contributed by atoms with van der Waals surface area (Å²) in [7, 11) is 2.77. The van der Waals surface area contributed by atoms with Gasteiger partial charge in [-0.2, -0.15) is 0 Å². The third-order valence-electron chi connectivity index (χ3n) is 5.46. The molecular formula is C18H34O9. The molecule has 10 atom stereocenters. The maximum Gasteiger partial charge on any atom is 0.186 e. The molecule has 0 aromatic heterocycles. The van der Waals surface area contributed by atoms with Gasteiger partial charge < -0.3 is 44.5 Å². The van der Waals surface area contributed by atoms with Gasteiger partial charge in [0.15, 0.2) is 6.29 Å². The summed E-state index contributed by atoms with van der Waals surface area (Å²) in [6, 6.07) is 0. The predicted octanol–water partition coefficient (Wildman–Crippen LogP) is -1.23. The summed E-state index contributed by atoms with van der Waals surface area (Å²) in [5.74, 6) is 0.410. The van der Waals surface area contributed by atoms with E-state index < -0.39 is 61.2 Å². The first-order valence-electron chi connectivity index (χ1n) is 9.48. The Morgan fingerprint density at radius 1 is 0.852 bits per heavy atom. The Kier molecular flexibility index (Phi) is 8.41. The molecule has 0 aromatic carbocycles. The Hall–Kier alpha value is -0.360. The van der Waals surface area contributed by atoms with Crippen molar-refractivity contribution < 1.29 is 44.5 Å². The highest BCUT2D eigenvalue weighted by molar-refractivity contribution is 4.97. The van der Waals surface area contributed by atoms with Crippen molar-refractivity contribution in [3.05, 3.63) is 0 Å². The standard InChI is InChI=1S/C18H34O9/c1-8(2)5-6-9-14(21)17(16(23)18(25-4)27-9)26-11-7-10(24-3)12(19)15(22)13(11)20/h8-23H,5-7H2,1-4H3/t9-,10-,11-,12-,13-,14-,15-,16+,17+,18-/m0/s1. The largest absolute Gasteiger partial charge is 0.388 e. The van der Waals surface area contributed by atoms with Gasteiger partial charge in [0.25, 0.3) is 0 Å². The normalized spacial score (nSPS) is 46.0. The summed E-state index contributed by atoms with van der Waals surface area (Å²) in [6.45, 7) is 4.11. The molecule has 0 radical (unpaired) electrons. The number of aliphatic hydroxyl groups excluding tert-OH is 5. The lowest BCUT2D eigenvalue weighted by molar-refractivity contribution is -0.314. The molecule has 5 N–H and O–H groups in total. The SMILES string of the molecule is CO[C@H]1O[C@@H](CCC(C)C)[C@H](O)[C@@H](O[C@H]2C[C@H](OC)[C@H](O)[C@H](O)[C@H]2O)[C@H]1O. The van der Waals surface area contributed by atoms with Crippen molar-refractivity contribution in [2.75, 3.05) is 14.2 Å². The zero-order valence-corrected chi connectivity index (χ0v) is 16.3. The Balaban J connectivity index is 2.13. The van der Waals surface area contributed by atoms with Crippen molar-refractivity contribution in [2.24, 2.45) is 5.92 Å². The minimum atomic E-state index is -1.46. The second-order valence-corrected chi connectivity index (χ2v) is 7.85.